The second kappa shape index (κ2) is 5.88. The average molecular weight is 326 g/mol. The summed E-state index contributed by atoms with van der Waals surface area (Å²) in [5.74, 6) is -0.191. The maximum atomic E-state index is 14.3. The van der Waals surface area contributed by atoms with Crippen molar-refractivity contribution >= 4 is 5.91 Å². The van der Waals surface area contributed by atoms with Crippen LogP contribution in [0.25, 0.3) is 11.4 Å². The highest BCUT2D eigenvalue weighted by Gasteiger charge is 2.21. The van der Waals surface area contributed by atoms with Gasteiger partial charge in [0.1, 0.15) is 5.82 Å². The van der Waals surface area contributed by atoms with Crippen LogP contribution in [0.3, 0.4) is 0 Å². The molecule has 7 nitrogen and oxygen atoms in total. The minimum atomic E-state index is -0.439. The van der Waals surface area contributed by atoms with Crippen LogP contribution in [-0.4, -0.2) is 42.5 Å². The van der Waals surface area contributed by atoms with Crippen molar-refractivity contribution in [2.75, 3.05) is 6.54 Å². The van der Waals surface area contributed by atoms with Gasteiger partial charge in [0.05, 0.1) is 13.0 Å². The largest absolute Gasteiger partial charge is 0.348 e. The lowest BCUT2D eigenvalue weighted by Crippen LogP contribution is -2.38. The smallest absolute Gasteiger partial charge is 0.227 e. The van der Waals surface area contributed by atoms with Gasteiger partial charge in [-0.1, -0.05) is 12.1 Å². The molecule has 0 saturated heterocycles. The van der Waals surface area contributed by atoms with Crippen LogP contribution < -0.4 is 0 Å². The summed E-state index contributed by atoms with van der Waals surface area (Å²) in [4.78, 5) is 14.2. The summed E-state index contributed by atoms with van der Waals surface area (Å²) in [6, 6.07) is 8.59. The van der Waals surface area contributed by atoms with Gasteiger partial charge in [-0.15, -0.1) is 10.2 Å². The molecular weight excluding hydrogens is 311 g/mol. The van der Waals surface area contributed by atoms with Crippen molar-refractivity contribution in [1.29, 1.82) is 0 Å². The van der Waals surface area contributed by atoms with Gasteiger partial charge in [-0.05, 0) is 29.0 Å². The third kappa shape index (κ3) is 2.66. The molecule has 2 aromatic heterocycles. The Bertz CT molecular complexity index is 873. The number of hydrogen-bond donors (Lipinski definition) is 1. The molecule has 1 N–H and O–H groups in total. The van der Waals surface area contributed by atoms with Gasteiger partial charge in [0, 0.05) is 30.5 Å². The number of H-pyrrole nitrogens is 1. The minimum absolute atomic E-state index is 0.0407. The molecule has 4 rings (SSSR count). The zero-order chi connectivity index (χ0) is 16.5. The van der Waals surface area contributed by atoms with E-state index >= 15 is 0 Å². The molecule has 0 spiro atoms. The Hall–Kier alpha value is -3.03. The summed E-state index contributed by atoms with van der Waals surface area (Å²) >= 11 is 0. The van der Waals surface area contributed by atoms with E-state index in [2.05, 4.69) is 25.2 Å². The predicted octanol–water partition coefficient (Wildman–Crippen LogP) is 1.39. The van der Waals surface area contributed by atoms with Crippen molar-refractivity contribution in [2.45, 2.75) is 19.5 Å². The van der Waals surface area contributed by atoms with Crippen molar-refractivity contribution in [3.05, 3.63) is 53.6 Å². The summed E-state index contributed by atoms with van der Waals surface area (Å²) in [5.41, 5.74) is 1.99. The lowest BCUT2D eigenvalue weighted by Gasteiger charge is -2.28. The summed E-state index contributed by atoms with van der Waals surface area (Å²) in [7, 11) is 0. The van der Waals surface area contributed by atoms with Crippen LogP contribution in [0.1, 0.15) is 11.3 Å². The van der Waals surface area contributed by atoms with Crippen molar-refractivity contribution in [2.24, 2.45) is 0 Å². The molecule has 0 fully saturated rings. The Morgan fingerprint density at radius 2 is 2.21 bits per heavy atom. The molecule has 3 aromatic rings. The number of halogens is 1. The van der Waals surface area contributed by atoms with Gasteiger partial charge in [-0.25, -0.2) is 4.39 Å². The van der Waals surface area contributed by atoms with E-state index in [1.165, 1.54) is 6.07 Å². The monoisotopic (exact) mass is 326 g/mol. The van der Waals surface area contributed by atoms with Crippen molar-refractivity contribution in [3.63, 3.8) is 0 Å². The molecule has 1 aromatic carbocycles. The number of aromatic amines is 1. The zero-order valence-corrected chi connectivity index (χ0v) is 12.8. The number of benzene rings is 1. The third-order valence-electron chi connectivity index (χ3n) is 4.24. The Balaban J connectivity index is 1.48. The van der Waals surface area contributed by atoms with Crippen LogP contribution in [0, 0.1) is 5.82 Å². The normalized spacial score (nSPS) is 13.8. The third-order valence-corrected chi connectivity index (χ3v) is 4.24. The maximum Gasteiger partial charge on any atom is 0.227 e. The van der Waals surface area contributed by atoms with E-state index in [0.29, 0.717) is 30.0 Å². The first-order chi connectivity index (χ1) is 11.7. The SMILES string of the molecule is O=C(Cc1ccc(-c2nn[nH]n2)cc1F)N1CCn2cccc2C1. The number of rotatable bonds is 3. The fourth-order valence-corrected chi connectivity index (χ4v) is 2.92. The molecule has 1 aliphatic heterocycles. The van der Waals surface area contributed by atoms with E-state index in [4.69, 9.17) is 0 Å². The molecule has 3 heterocycles. The van der Waals surface area contributed by atoms with E-state index < -0.39 is 5.82 Å². The molecule has 1 aliphatic rings. The fraction of sp³-hybridized carbons (Fsp3) is 0.250. The molecule has 0 bridgehead atoms. The molecule has 122 valence electrons. The molecule has 0 saturated carbocycles. The van der Waals surface area contributed by atoms with Gasteiger partial charge in [-0.3, -0.25) is 4.79 Å². The zero-order valence-electron chi connectivity index (χ0n) is 12.8. The summed E-state index contributed by atoms with van der Waals surface area (Å²) in [5, 5.41) is 13.4. The average Bonchev–Trinajstić information content (AvgIpc) is 3.27. The molecule has 0 radical (unpaired) electrons. The second-order valence-electron chi connectivity index (χ2n) is 5.73. The van der Waals surface area contributed by atoms with E-state index in [1.54, 1.807) is 17.0 Å². The van der Waals surface area contributed by atoms with E-state index in [0.717, 1.165) is 12.2 Å². The molecule has 8 heteroatoms. The predicted molar refractivity (Wildman–Crippen MR) is 83.1 cm³/mol. The number of amides is 1. The van der Waals surface area contributed by atoms with Crippen molar-refractivity contribution in [1.82, 2.24) is 30.1 Å². The van der Waals surface area contributed by atoms with Gasteiger partial charge in [0.25, 0.3) is 0 Å². The van der Waals surface area contributed by atoms with Gasteiger partial charge >= 0.3 is 0 Å². The van der Waals surface area contributed by atoms with Crippen LogP contribution in [0.4, 0.5) is 4.39 Å². The standard InChI is InChI=1S/C16H15FN6O/c17-14-8-12(16-18-20-21-19-16)4-3-11(14)9-15(24)23-7-6-22-5-1-2-13(22)10-23/h1-5,8H,6-7,9-10H2,(H,18,19,20,21). The number of carbonyl (C=O) groups excluding carboxylic acids is 1. The van der Waals surface area contributed by atoms with Crippen LogP contribution >= 0.6 is 0 Å². The number of tetrazole rings is 1. The fourth-order valence-electron chi connectivity index (χ4n) is 2.92. The Kier molecular flexibility index (Phi) is 3.56. The topological polar surface area (TPSA) is 79.7 Å². The van der Waals surface area contributed by atoms with E-state index in [1.807, 2.05) is 18.3 Å². The maximum absolute atomic E-state index is 14.3. The number of nitrogens with one attached hydrogen (secondary N) is 1. The Labute approximate surface area is 137 Å². The molecule has 0 unspecified atom stereocenters. The molecule has 1 amide bonds. The highest BCUT2D eigenvalue weighted by atomic mass is 19.1. The number of nitrogens with zero attached hydrogens (tertiary/aromatic N) is 5. The minimum Gasteiger partial charge on any atom is -0.348 e. The lowest BCUT2D eigenvalue weighted by atomic mass is 10.1. The molecule has 0 aliphatic carbocycles. The number of hydrogen-bond acceptors (Lipinski definition) is 4. The second-order valence-corrected chi connectivity index (χ2v) is 5.73. The molecule has 24 heavy (non-hydrogen) atoms. The first kappa shape index (κ1) is 14.6. The van der Waals surface area contributed by atoms with Crippen molar-refractivity contribution < 1.29 is 9.18 Å². The first-order valence-electron chi connectivity index (χ1n) is 7.65. The highest BCUT2D eigenvalue weighted by molar-refractivity contribution is 5.79. The van der Waals surface area contributed by atoms with Gasteiger partial charge in [0.15, 0.2) is 0 Å². The van der Waals surface area contributed by atoms with Crippen LogP contribution in [0.15, 0.2) is 36.5 Å². The number of aromatic nitrogens is 5. The van der Waals surface area contributed by atoms with Crippen LogP contribution in [0.5, 0.6) is 0 Å². The Morgan fingerprint density at radius 1 is 1.29 bits per heavy atom. The van der Waals surface area contributed by atoms with Gasteiger partial charge in [-0.2, -0.15) is 5.21 Å². The Morgan fingerprint density at radius 3 is 3.00 bits per heavy atom. The number of carbonyl (C=O) groups is 1. The van der Waals surface area contributed by atoms with Gasteiger partial charge < -0.3 is 9.47 Å². The van der Waals surface area contributed by atoms with Crippen LogP contribution in [-0.2, 0) is 24.3 Å². The van der Waals surface area contributed by atoms with Crippen molar-refractivity contribution in [3.8, 4) is 11.4 Å². The van der Waals surface area contributed by atoms with Crippen LogP contribution in [0.2, 0.25) is 0 Å². The van der Waals surface area contributed by atoms with E-state index in [-0.39, 0.29) is 12.3 Å². The molecule has 0 atom stereocenters. The van der Waals surface area contributed by atoms with E-state index in [9.17, 15) is 9.18 Å². The highest BCUT2D eigenvalue weighted by Crippen LogP contribution is 2.20. The first-order valence-corrected chi connectivity index (χ1v) is 7.65. The summed E-state index contributed by atoms with van der Waals surface area (Å²) in [6.07, 6.45) is 2.05. The lowest BCUT2D eigenvalue weighted by molar-refractivity contribution is -0.131. The number of fused-ring (bicyclic) bond motifs is 1. The quantitative estimate of drug-likeness (QED) is 0.789. The molecular formula is C16H15FN6O. The summed E-state index contributed by atoms with van der Waals surface area (Å²) in [6.45, 7) is 1.98. The van der Waals surface area contributed by atoms with Gasteiger partial charge in [0.2, 0.25) is 11.7 Å². The summed E-state index contributed by atoms with van der Waals surface area (Å²) < 4.78 is 16.4.